The maximum Gasteiger partial charge on any atom is 0.0384 e. The van der Waals surface area contributed by atoms with Crippen LogP contribution in [0.25, 0.3) is 0 Å². The molecule has 2 aliphatic heterocycles. The zero-order chi connectivity index (χ0) is 102. The number of hydrogen-bond donors (Lipinski definition) is 1. The van der Waals surface area contributed by atoms with Crippen LogP contribution in [0.3, 0.4) is 0 Å². The Morgan fingerprint density at radius 3 is 0.768 bits per heavy atom. The van der Waals surface area contributed by atoms with E-state index in [1.165, 1.54) is 102 Å². The van der Waals surface area contributed by atoms with Gasteiger partial charge in [0, 0.05) is 67.0 Å². The zero-order valence-electron chi connectivity index (χ0n) is 66.7. The minimum absolute atomic E-state index is 0.0673. The van der Waals surface area contributed by atoms with E-state index in [1.807, 2.05) is 66.7 Å². The van der Waals surface area contributed by atoms with E-state index in [1.54, 1.807) is 0 Å². The van der Waals surface area contributed by atoms with Crippen molar-refractivity contribution in [3.05, 3.63) is 235 Å². The molecule has 2 fully saturated rings. The summed E-state index contributed by atoms with van der Waals surface area (Å²) in [5.41, 5.74) is 14.5. The largest absolute Gasteiger partial charge is 0.356 e. The van der Waals surface area contributed by atoms with Gasteiger partial charge in [0.25, 0.3) is 0 Å². The van der Waals surface area contributed by atoms with Gasteiger partial charge < -0.3 is 20.0 Å². The fraction of sp³-hybridized carbons (Fsp3) is 0.250. The number of halogens is 70. The second kappa shape index (κ2) is 87.8. The molecule has 74 heteroatoms. The van der Waals surface area contributed by atoms with E-state index in [0.29, 0.717) is 13.3 Å². The number of fused-ring (bicyclic) bond motifs is 6. The third-order valence-electron chi connectivity index (χ3n) is 19.0. The minimum Gasteiger partial charge on any atom is -0.356 e. The van der Waals surface area contributed by atoms with Crippen molar-refractivity contribution >= 4 is 975 Å². The quantitative estimate of drug-likeness (QED) is 0.0386. The van der Waals surface area contributed by atoms with Gasteiger partial charge in [0.1, 0.15) is 0 Å². The summed E-state index contributed by atoms with van der Waals surface area (Å²) in [6.45, 7) is 9.88. The fourth-order valence-corrected chi connectivity index (χ4v) is 13200. The molecule has 1 N–H and O–H groups in total. The van der Waals surface area contributed by atoms with Gasteiger partial charge in [-0.15, -0.1) is 0 Å². The molecular weight excluding hydrogens is 9620 g/mol. The molecule has 4 atom stereocenters. The molecule has 4 aliphatic rings. The van der Waals surface area contributed by atoms with Crippen molar-refractivity contribution in [2.45, 2.75) is 101 Å². The number of anilines is 9. The monoisotopic (exact) mass is 9680 g/mol. The predicted octanol–water partition coefficient (Wildman–Crippen LogP) is 75.6. The predicted molar refractivity (Wildman–Crippen MR) is 1250 cm³/mol. The average molecular weight is 9680 g/mol. The number of nitrogens with zero attached hydrogens (tertiary/aromatic N) is 3. The van der Waals surface area contributed by atoms with Crippen LogP contribution in [0.1, 0.15) is 90.2 Å². The Balaban J connectivity index is 0.000000246. The van der Waals surface area contributed by atoms with Crippen LogP contribution in [-0.2, 0) is 10.8 Å². The van der Waals surface area contributed by atoms with Gasteiger partial charge in [0.2, 0.25) is 0 Å². The van der Waals surface area contributed by atoms with Crippen molar-refractivity contribution < 1.29 is 13.3 Å². The van der Waals surface area contributed by atoms with E-state index < -0.39 is 261 Å². The number of benzene rings is 8. The number of para-hydroxylation sites is 6. The zero-order valence-corrected chi connectivity index (χ0v) is 216. The van der Waals surface area contributed by atoms with Crippen LogP contribution in [0.15, 0.2) is 218 Å². The molecule has 0 radical (unpaired) electrons. The summed E-state index contributed by atoms with van der Waals surface area (Å²) in [5.74, 6) is 0. The molecule has 8 aromatic rings. The summed E-state index contributed by atoms with van der Waals surface area (Å²) in [7, 11) is -18.8. The van der Waals surface area contributed by atoms with Crippen LogP contribution < -0.4 is 33.3 Å². The Bertz CT molecular complexity index is 4920. The van der Waals surface area contributed by atoms with Crippen LogP contribution >= 0.6 is 924 Å². The summed E-state index contributed by atoms with van der Waals surface area (Å²) in [4.78, 5) is 7.56. The Hall–Kier alpha value is 43.6. The first-order valence-electron chi connectivity index (χ1n) is 34.8. The topological polar surface area (TPSA) is 21.8 Å². The molecule has 832 valence electrons. The van der Waals surface area contributed by atoms with Gasteiger partial charge in [-0.3, -0.25) is 0 Å². The van der Waals surface area contributed by atoms with Gasteiger partial charge in [-0.05, 0) is 148 Å². The molecule has 0 spiro atoms. The molecule has 2 heterocycles. The van der Waals surface area contributed by atoms with Gasteiger partial charge >= 0.3 is 925 Å². The number of hydrogen-bond acceptors (Lipinski definition) is 4. The van der Waals surface area contributed by atoms with E-state index >= 15 is 0 Å². The first-order valence-corrected chi connectivity index (χ1v) is 463. The van der Waals surface area contributed by atoms with Crippen LogP contribution in [0, 0.1) is 0 Å². The van der Waals surface area contributed by atoms with Crippen molar-refractivity contribution in [2.75, 3.05) is 20.0 Å². The Kier molecular flexibility index (Phi) is 105. The van der Waals surface area contributed by atoms with Crippen LogP contribution in [0.4, 0.5) is 51.2 Å². The molecule has 4 nitrogen and oxygen atoms in total. The molecule has 0 bridgehead atoms. The van der Waals surface area contributed by atoms with E-state index in [2.05, 4.69) is 851 Å². The first-order chi connectivity index (χ1) is 65.0. The van der Waals surface area contributed by atoms with Crippen LogP contribution in [0.5, 0.6) is 0 Å². The summed E-state index contributed by atoms with van der Waals surface area (Å²) >= 11 is 124. The van der Waals surface area contributed by atoms with Crippen LogP contribution in [-0.4, -0.2) is 11.1 Å². The second-order valence-electron chi connectivity index (χ2n) is 25.6. The molecule has 0 saturated heterocycles. The smallest absolute Gasteiger partial charge is 0.0384 e. The van der Waals surface area contributed by atoms with E-state index in [0.717, 1.165) is 16.4 Å². The summed E-state index contributed by atoms with van der Waals surface area (Å²) in [6.07, 6.45) is 10.2. The molecule has 0 aromatic heterocycles. The van der Waals surface area contributed by atoms with Gasteiger partial charge in [-0.25, -0.2) is 0 Å². The molecule has 2 aliphatic carbocycles. The third-order valence-corrected chi connectivity index (χ3v) is 5390. The van der Waals surface area contributed by atoms with Crippen molar-refractivity contribution in [3.63, 3.8) is 0 Å². The molecular formula is C64H65ClI69N4-. The van der Waals surface area contributed by atoms with E-state index in [4.69, 9.17) is 11.6 Å². The fourth-order valence-electron chi connectivity index (χ4n) is 13.4. The molecule has 0 amide bonds. The maximum atomic E-state index is 6.28. The van der Waals surface area contributed by atoms with Crippen molar-refractivity contribution in [3.8, 4) is 0 Å². The van der Waals surface area contributed by atoms with Crippen molar-refractivity contribution in [2.24, 2.45) is 0 Å². The Morgan fingerprint density at radius 2 is 0.493 bits per heavy atom. The molecule has 12 rings (SSSR count). The average Bonchev–Trinajstić information content (AvgIpc) is 1.54. The third kappa shape index (κ3) is 49.7. The Labute approximate surface area is 1280 Å². The number of nitrogens with one attached hydrogen (secondary N) is 1. The van der Waals surface area contributed by atoms with E-state index in [-0.39, 0.29) is 21.9 Å². The minimum atomic E-state index is -0.620. The maximum absolute atomic E-state index is 6.28. The molecule has 4 unspecified atom stereocenters. The standard InChI is InChI=1S/C32H32N2.C20H22ClN.C12H11N.I69/c1-31-22-11-12-23-32(31,2)34(30-21-10-9-20-29(30)31)28-19-13-18-27(24-28)33(25-14-5-3-6-15-25)26-16-7-4-8-17-26;1-19-12-5-6-13-20(19,2)22(16-9-7-8-15(21)14-16)18-11-4-3-10-17(18)19;1-3-7-11(8-4-1)13-12-9-5-2-6-10-12;1-36-38(4)40(6)42(8)44(10)46(12)48(14)50(16)52(18)54(20)56(22)58(24)60(26)62(28)64(30)66(32)68(34)69(35)67(33)65(31)63(29)61(27)59(25)57(23)55(21)53(19)51(17)49(15)47(13)45(11)43(9)41(7)39(5)37(2)3/h3-10,13-21,24H,11-12,22-23H2,1-2H3;3-4,7-11,14H,5-6,12-13H2,1-2H3;1-10,13H;/q;;;-1. The number of rotatable bonds is 40. The van der Waals surface area contributed by atoms with E-state index in [9.17, 15) is 0 Å². The normalized spacial score (nSPS) is 20.9. The van der Waals surface area contributed by atoms with Gasteiger partial charge in [-0.1, -0.05) is 172 Å². The Morgan fingerprint density at radius 1 is 0.261 bits per heavy atom. The summed E-state index contributed by atoms with van der Waals surface area (Å²) in [6, 6.07) is 77.1. The SMILES string of the molecule is CC12CCCCC1(C)N(c1cccc(Cl)c1)c1ccccc12.CC12CCCCC1(C)N(c1cccc(N(c3ccccc3)c3ccccc3)c1)c1ccccc12.I[I-]I(I)I(I)I(I)I(I)I(I)I(I)I(I)I(I)I(I)I(I)I(I)I(I)I(I)I(I)I(I)I(I)I(I)I(I)I(I)I(I)I(I)I(I)I(I)I(I)I(I)I(I)I(I)I(I)I(I)I(I)I(I)I(I)I(I)I.c1ccc(Nc2ccccc2)cc1. The van der Waals surface area contributed by atoms with Gasteiger partial charge in [0.15, 0.2) is 0 Å². The summed E-state index contributed by atoms with van der Waals surface area (Å²) < 4.78 is 0. The van der Waals surface area contributed by atoms with Crippen molar-refractivity contribution in [1.82, 2.24) is 0 Å². The molecule has 8 aromatic carbocycles. The summed E-state index contributed by atoms with van der Waals surface area (Å²) in [5, 5.41) is 4.11. The van der Waals surface area contributed by atoms with Crippen LogP contribution in [0.2, 0.25) is 5.02 Å². The first kappa shape index (κ1) is 165. The van der Waals surface area contributed by atoms with Gasteiger partial charge in [0.05, 0.1) is 11.1 Å². The molecule has 2 saturated carbocycles. The van der Waals surface area contributed by atoms with Gasteiger partial charge in [-0.2, -0.15) is 0 Å². The molecule has 138 heavy (non-hydrogen) atoms. The second-order valence-corrected chi connectivity index (χ2v) is 1650. The van der Waals surface area contributed by atoms with Crippen molar-refractivity contribution in [1.29, 1.82) is 0 Å².